The number of sulfonamides is 1. The molecule has 1 N–H and O–H groups in total. The van der Waals surface area contributed by atoms with Gasteiger partial charge >= 0.3 is 0 Å². The van der Waals surface area contributed by atoms with Gasteiger partial charge in [0.1, 0.15) is 5.82 Å². The molecule has 1 fully saturated rings. The molecule has 0 bridgehead atoms. The quantitative estimate of drug-likeness (QED) is 0.430. The zero-order valence-electron chi connectivity index (χ0n) is 20.0. The van der Waals surface area contributed by atoms with Crippen molar-refractivity contribution in [1.29, 1.82) is 0 Å². The third-order valence-electron chi connectivity index (χ3n) is 6.42. The number of aromatic nitrogens is 3. The van der Waals surface area contributed by atoms with Gasteiger partial charge in [0.15, 0.2) is 0 Å². The first-order chi connectivity index (χ1) is 17.3. The maximum Gasteiger partial charge on any atom is 0.293 e. The van der Waals surface area contributed by atoms with E-state index in [0.29, 0.717) is 12.2 Å². The van der Waals surface area contributed by atoms with Crippen LogP contribution in [0, 0.1) is 0 Å². The molecular weight excluding hydrogens is 476 g/mol. The minimum Gasteiger partial charge on any atom is -0.355 e. The summed E-state index contributed by atoms with van der Waals surface area (Å²) in [5, 5.41) is 3.72. The fourth-order valence-electron chi connectivity index (χ4n) is 4.30. The Kier molecular flexibility index (Phi) is 6.38. The molecule has 5 rings (SSSR count). The molecule has 1 amide bonds. The van der Waals surface area contributed by atoms with Crippen LogP contribution in [-0.2, 0) is 10.0 Å². The molecule has 0 spiro atoms. The molecule has 1 atom stereocenters. The normalized spacial score (nSPS) is 16.0. The summed E-state index contributed by atoms with van der Waals surface area (Å²) in [6.45, 7) is 1.33. The highest BCUT2D eigenvalue weighted by atomic mass is 32.2. The van der Waals surface area contributed by atoms with Crippen molar-refractivity contribution in [2.45, 2.75) is 12.5 Å². The van der Waals surface area contributed by atoms with Crippen molar-refractivity contribution in [3.05, 3.63) is 78.9 Å². The average molecular weight is 503 g/mol. The van der Waals surface area contributed by atoms with Crippen LogP contribution in [0.25, 0.3) is 22.0 Å². The number of carbonyl (C=O) groups excluding carboxylic acids is 1. The lowest BCUT2D eigenvalue weighted by Gasteiger charge is -2.23. The number of nitrogens with one attached hydrogen (secondary N) is 1. The van der Waals surface area contributed by atoms with Gasteiger partial charge in [-0.15, -0.1) is 0 Å². The number of pyridine rings is 1. The number of fused-ring (bicyclic) bond motifs is 1. The van der Waals surface area contributed by atoms with Gasteiger partial charge in [-0.25, -0.2) is 27.7 Å². The largest absolute Gasteiger partial charge is 0.355 e. The molecule has 0 saturated carbocycles. The van der Waals surface area contributed by atoms with E-state index in [-0.39, 0.29) is 11.9 Å². The molecule has 0 aliphatic carbocycles. The average Bonchev–Trinajstić information content (AvgIpc) is 3.38. The standard InChI is InChI=1S/C26H26N6O3S/c1-31(36(2,34)35)22-12-13-32(17-22)24-11-8-19-14-21(9-10-23(19)30-24)29-26(33)25-27-15-20(16-28-25)18-6-4-3-5-7-18/h3-11,14-16,22H,12-13,17H2,1-2H3,(H,29,33). The van der Waals surface area contributed by atoms with Crippen LogP contribution in [0.4, 0.5) is 11.5 Å². The van der Waals surface area contributed by atoms with Gasteiger partial charge in [-0.1, -0.05) is 30.3 Å². The van der Waals surface area contributed by atoms with Crippen LogP contribution in [0.3, 0.4) is 0 Å². The zero-order valence-corrected chi connectivity index (χ0v) is 20.8. The van der Waals surface area contributed by atoms with Crippen molar-refractivity contribution >= 4 is 38.3 Å². The summed E-state index contributed by atoms with van der Waals surface area (Å²) in [5.74, 6) is 0.498. The molecule has 184 valence electrons. The molecule has 9 nitrogen and oxygen atoms in total. The molecule has 1 aliphatic rings. The third kappa shape index (κ3) is 5.05. The Morgan fingerprint density at radius 2 is 1.78 bits per heavy atom. The fourth-order valence-corrected chi connectivity index (χ4v) is 5.01. The van der Waals surface area contributed by atoms with E-state index < -0.39 is 15.9 Å². The minimum absolute atomic E-state index is 0.0703. The molecular formula is C26H26N6O3S. The lowest BCUT2D eigenvalue weighted by molar-refractivity contribution is 0.101. The Bertz CT molecular complexity index is 1510. The Labute approximate surface area is 209 Å². The monoisotopic (exact) mass is 502 g/mol. The number of rotatable bonds is 6. The van der Waals surface area contributed by atoms with E-state index in [4.69, 9.17) is 4.98 Å². The topological polar surface area (TPSA) is 108 Å². The number of anilines is 2. The summed E-state index contributed by atoms with van der Waals surface area (Å²) < 4.78 is 25.2. The number of benzene rings is 2. The van der Waals surface area contributed by atoms with E-state index >= 15 is 0 Å². The Morgan fingerprint density at radius 3 is 2.50 bits per heavy atom. The number of amides is 1. The van der Waals surface area contributed by atoms with Gasteiger partial charge in [0.05, 0.1) is 11.8 Å². The summed E-state index contributed by atoms with van der Waals surface area (Å²) in [6.07, 6.45) is 5.26. The second-order valence-corrected chi connectivity index (χ2v) is 10.9. The first kappa shape index (κ1) is 23.8. The maximum absolute atomic E-state index is 12.7. The summed E-state index contributed by atoms with van der Waals surface area (Å²) in [5.41, 5.74) is 3.23. The highest BCUT2D eigenvalue weighted by Crippen LogP contribution is 2.26. The van der Waals surface area contributed by atoms with Gasteiger partial charge in [-0.05, 0) is 42.3 Å². The van der Waals surface area contributed by atoms with Gasteiger partial charge < -0.3 is 10.2 Å². The highest BCUT2D eigenvalue weighted by Gasteiger charge is 2.30. The summed E-state index contributed by atoms with van der Waals surface area (Å²) >= 11 is 0. The Balaban J connectivity index is 1.27. The fraction of sp³-hybridized carbons (Fsp3) is 0.231. The number of likely N-dealkylation sites (N-methyl/N-ethyl adjacent to an activating group) is 1. The highest BCUT2D eigenvalue weighted by molar-refractivity contribution is 7.88. The van der Waals surface area contributed by atoms with Gasteiger partial charge in [0.25, 0.3) is 5.91 Å². The maximum atomic E-state index is 12.7. The third-order valence-corrected chi connectivity index (χ3v) is 7.76. The van der Waals surface area contributed by atoms with Crippen LogP contribution in [0.15, 0.2) is 73.1 Å². The number of nitrogens with zero attached hydrogens (tertiary/aromatic N) is 5. The second kappa shape index (κ2) is 9.63. The van der Waals surface area contributed by atoms with Crippen molar-refractivity contribution in [1.82, 2.24) is 19.3 Å². The van der Waals surface area contributed by atoms with Crippen molar-refractivity contribution in [3.8, 4) is 11.1 Å². The van der Waals surface area contributed by atoms with Gasteiger partial charge in [-0.2, -0.15) is 0 Å². The Hall–Kier alpha value is -3.89. The predicted molar refractivity (Wildman–Crippen MR) is 140 cm³/mol. The van der Waals surface area contributed by atoms with Crippen LogP contribution in [0.5, 0.6) is 0 Å². The van der Waals surface area contributed by atoms with E-state index in [1.54, 1.807) is 25.5 Å². The lowest BCUT2D eigenvalue weighted by atomic mass is 10.1. The van der Waals surface area contributed by atoms with Crippen molar-refractivity contribution in [2.24, 2.45) is 0 Å². The SMILES string of the molecule is CN(C1CCN(c2ccc3cc(NC(=O)c4ncc(-c5ccccc5)cn4)ccc3n2)C1)S(C)(=O)=O. The van der Waals surface area contributed by atoms with Crippen LogP contribution >= 0.6 is 0 Å². The van der Waals surface area contributed by atoms with E-state index in [2.05, 4.69) is 20.2 Å². The number of carbonyl (C=O) groups is 1. The van der Waals surface area contributed by atoms with Crippen LogP contribution in [-0.4, -0.2) is 66.0 Å². The van der Waals surface area contributed by atoms with E-state index in [0.717, 1.165) is 40.8 Å². The van der Waals surface area contributed by atoms with Crippen LogP contribution < -0.4 is 10.2 Å². The molecule has 10 heteroatoms. The molecule has 2 aromatic heterocycles. The predicted octanol–water partition coefficient (Wildman–Crippen LogP) is 3.41. The van der Waals surface area contributed by atoms with Crippen LogP contribution in [0.1, 0.15) is 17.0 Å². The van der Waals surface area contributed by atoms with Gasteiger partial charge in [-0.3, -0.25) is 4.79 Å². The van der Waals surface area contributed by atoms with Gasteiger partial charge in [0.2, 0.25) is 15.8 Å². The molecule has 1 unspecified atom stereocenters. The van der Waals surface area contributed by atoms with E-state index in [9.17, 15) is 13.2 Å². The lowest BCUT2D eigenvalue weighted by Crippen LogP contribution is -2.38. The van der Waals surface area contributed by atoms with Crippen LogP contribution in [0.2, 0.25) is 0 Å². The minimum atomic E-state index is -3.23. The zero-order chi connectivity index (χ0) is 25.3. The molecule has 3 heterocycles. The van der Waals surface area contributed by atoms with Crippen molar-refractivity contribution in [2.75, 3.05) is 36.6 Å². The summed E-state index contributed by atoms with van der Waals surface area (Å²) in [6, 6.07) is 19.0. The van der Waals surface area contributed by atoms with Crippen molar-refractivity contribution in [3.63, 3.8) is 0 Å². The number of hydrogen-bond donors (Lipinski definition) is 1. The first-order valence-corrected chi connectivity index (χ1v) is 13.4. The van der Waals surface area contributed by atoms with Crippen molar-refractivity contribution < 1.29 is 13.2 Å². The number of hydrogen-bond acceptors (Lipinski definition) is 7. The van der Waals surface area contributed by atoms with E-state index in [1.165, 1.54) is 10.6 Å². The molecule has 4 aromatic rings. The van der Waals surface area contributed by atoms with E-state index in [1.807, 2.05) is 54.6 Å². The molecule has 0 radical (unpaired) electrons. The Morgan fingerprint density at radius 1 is 1.03 bits per heavy atom. The summed E-state index contributed by atoms with van der Waals surface area (Å²) in [7, 11) is -1.61. The van der Waals surface area contributed by atoms with Gasteiger partial charge in [0, 0.05) is 55.2 Å². The smallest absolute Gasteiger partial charge is 0.293 e. The molecule has 36 heavy (non-hydrogen) atoms. The molecule has 1 aliphatic heterocycles. The summed E-state index contributed by atoms with van der Waals surface area (Å²) in [4.78, 5) is 28.0. The second-order valence-electron chi connectivity index (χ2n) is 8.86. The molecule has 1 saturated heterocycles. The first-order valence-electron chi connectivity index (χ1n) is 11.6. The molecule has 2 aromatic carbocycles.